The van der Waals surface area contributed by atoms with Gasteiger partial charge in [-0.15, -0.1) is 6.54 Å². The Hall–Kier alpha value is -1.14. The van der Waals surface area contributed by atoms with E-state index in [1.807, 2.05) is 18.2 Å². The average Bonchev–Trinajstić information content (AvgIpc) is 2.71. The van der Waals surface area contributed by atoms with Crippen LogP contribution < -0.4 is 19.9 Å². The Kier molecular flexibility index (Phi) is 9.04. The predicted molar refractivity (Wildman–Crippen MR) is 99.4 cm³/mol. The van der Waals surface area contributed by atoms with Gasteiger partial charge in [0, 0.05) is 19.7 Å². The number of hydrogen-bond acceptors (Lipinski definition) is 4. The van der Waals surface area contributed by atoms with Gasteiger partial charge in [0.05, 0.1) is 5.69 Å². The van der Waals surface area contributed by atoms with E-state index in [1.165, 1.54) is 11.8 Å². The third-order valence-corrected chi connectivity index (χ3v) is 4.40. The first-order valence-corrected chi connectivity index (χ1v) is 8.38. The number of nitrogens with one attached hydrogen (secondary N) is 1. The van der Waals surface area contributed by atoms with Crippen molar-refractivity contribution in [3.05, 3.63) is 39.0 Å². The van der Waals surface area contributed by atoms with Gasteiger partial charge in [0.1, 0.15) is 18.4 Å². The molecule has 1 heterocycles. The molecule has 0 fully saturated rings. The molecule has 1 unspecified atom stereocenters. The minimum atomic E-state index is -0.699. The molecule has 0 radical (unpaired) electrons. The van der Waals surface area contributed by atoms with Gasteiger partial charge in [-0.05, 0) is 24.2 Å². The van der Waals surface area contributed by atoms with Gasteiger partial charge in [-0.2, -0.15) is 12.8 Å². The van der Waals surface area contributed by atoms with Crippen molar-refractivity contribution in [2.45, 2.75) is 31.8 Å². The molecule has 1 N–H and O–H groups in total. The zero-order chi connectivity index (χ0) is 18.6. The van der Waals surface area contributed by atoms with Gasteiger partial charge < -0.3 is 40.6 Å². The van der Waals surface area contributed by atoms with Crippen molar-refractivity contribution in [2.75, 3.05) is 30.0 Å². The number of rotatable bonds is 6. The third kappa shape index (κ3) is 4.98. The summed E-state index contributed by atoms with van der Waals surface area (Å²) < 4.78 is 5.75. The van der Waals surface area contributed by atoms with Crippen LogP contribution in [-0.4, -0.2) is 44.1 Å². The predicted octanol–water partition coefficient (Wildman–Crippen LogP) is 2.00. The number of nitrogens with zero attached hydrogens (tertiary/aromatic N) is 2. The first-order valence-electron chi connectivity index (χ1n) is 8.38. The minimum Gasteiger partial charge on any atom is -0.489 e. The van der Waals surface area contributed by atoms with Crippen molar-refractivity contribution in [3.63, 3.8) is 0 Å². The van der Waals surface area contributed by atoms with Crippen molar-refractivity contribution >= 4 is 23.2 Å². The normalized spacial score (nSPS) is 16.3. The molecule has 1 aromatic carbocycles. The summed E-state index contributed by atoms with van der Waals surface area (Å²) in [4.78, 5) is 27.6. The Morgan fingerprint density at radius 2 is 2.04 bits per heavy atom. The molecule has 6 nitrogen and oxygen atoms in total. The van der Waals surface area contributed by atoms with Crippen molar-refractivity contribution in [3.8, 4) is 5.75 Å². The second-order valence-corrected chi connectivity index (χ2v) is 6.04. The molecule has 2 amide bonds. The molecule has 26 heavy (non-hydrogen) atoms. The molecule has 0 spiro atoms. The zero-order valence-corrected chi connectivity index (χ0v) is 18.4. The fraction of sp³-hybridized carbons (Fsp3) is 0.421. The third-order valence-electron chi connectivity index (χ3n) is 4.40. The Morgan fingerprint density at radius 1 is 1.38 bits per heavy atom. The molecule has 0 aromatic heterocycles. The maximum Gasteiger partial charge on any atom is 3.00 e. The number of fused-ring (bicyclic) bond motifs is 1. The van der Waals surface area contributed by atoms with Crippen molar-refractivity contribution in [1.82, 2.24) is 5.32 Å². The van der Waals surface area contributed by atoms with Crippen LogP contribution in [0.15, 0.2) is 18.2 Å². The summed E-state index contributed by atoms with van der Waals surface area (Å²) in [6.45, 7) is 14.0. The molecular weight excluding hydrogens is 407 g/mol. The first-order chi connectivity index (χ1) is 11.9. The summed E-state index contributed by atoms with van der Waals surface area (Å²) in [6, 6.07) is 5.17. The van der Waals surface area contributed by atoms with Gasteiger partial charge >= 0.3 is 32.7 Å². The minimum absolute atomic E-state index is 0. The van der Waals surface area contributed by atoms with E-state index in [-0.39, 0.29) is 57.2 Å². The number of carbonyl (C=O) groups is 2. The topological polar surface area (TPSA) is 61.9 Å². The number of hydrogen-bond donors (Lipinski definition) is 1. The average molecular weight is 433 g/mol. The van der Waals surface area contributed by atoms with Crippen molar-refractivity contribution in [2.24, 2.45) is 0 Å². The largest absolute Gasteiger partial charge is 3.00 e. The number of benzene rings is 1. The van der Waals surface area contributed by atoms with Crippen LogP contribution in [0.5, 0.6) is 5.75 Å². The van der Waals surface area contributed by atoms with Crippen LogP contribution in [0.4, 0.5) is 11.4 Å². The summed E-state index contributed by atoms with van der Waals surface area (Å²) in [5.74, 6) is 0.134. The second kappa shape index (κ2) is 10.3. The molecule has 1 atom stereocenters. The van der Waals surface area contributed by atoms with Gasteiger partial charge in [0.15, 0.2) is 0 Å². The van der Waals surface area contributed by atoms with Gasteiger partial charge in [0.2, 0.25) is 5.91 Å². The molecule has 7 heteroatoms. The maximum atomic E-state index is 12.6. The molecule has 0 saturated carbocycles. The van der Waals surface area contributed by atoms with E-state index in [4.69, 9.17) is 4.74 Å². The number of amides is 2. The molecule has 1 aliphatic heterocycles. The summed E-state index contributed by atoms with van der Waals surface area (Å²) in [5.41, 5.74) is 1.60. The quantitative estimate of drug-likeness (QED) is 0.698. The van der Waals surface area contributed by atoms with E-state index in [2.05, 4.69) is 31.0 Å². The monoisotopic (exact) mass is 433 g/mol. The SMILES string of the molecule is [CH2-]CC(C[CH2-])N(C[CH2-])c1ccc2c(c1)N(C)C(=O)C(NC(C)=O)CO2.[Y+3]. The summed E-state index contributed by atoms with van der Waals surface area (Å²) >= 11 is 0. The number of carbonyl (C=O) groups excluding carboxylic acids is 2. The molecule has 1 aromatic rings. The van der Waals surface area contributed by atoms with E-state index in [9.17, 15) is 9.59 Å². The van der Waals surface area contributed by atoms with E-state index in [1.54, 1.807) is 7.05 Å². The van der Waals surface area contributed by atoms with E-state index in [0.29, 0.717) is 30.8 Å². The van der Waals surface area contributed by atoms with E-state index >= 15 is 0 Å². The standard InChI is InChI=1S/C19H26N3O3.Y/c1-6-14(7-2)22(8-3)15-9-10-18-17(11-15)21(5)19(24)16(12-25-18)20-13(4)23;/h9-11,14,16H,1-3,6-8,12H2,4-5H3,(H,20,23);/q-3;+3. The maximum absolute atomic E-state index is 12.6. The molecule has 0 aliphatic carbocycles. The second-order valence-electron chi connectivity index (χ2n) is 6.04. The molecule has 138 valence electrons. The van der Waals surface area contributed by atoms with Gasteiger partial charge in [-0.3, -0.25) is 9.59 Å². The number of likely N-dealkylation sites (N-methyl/N-ethyl adjacent to an activating group) is 1. The fourth-order valence-electron chi connectivity index (χ4n) is 2.99. The fourth-order valence-corrected chi connectivity index (χ4v) is 2.99. The molecule has 0 saturated heterocycles. The van der Waals surface area contributed by atoms with Crippen LogP contribution in [0.25, 0.3) is 0 Å². The van der Waals surface area contributed by atoms with E-state index < -0.39 is 6.04 Å². The van der Waals surface area contributed by atoms with Crippen LogP contribution in [0.3, 0.4) is 0 Å². The first kappa shape index (κ1) is 22.9. The molecule has 1 aliphatic rings. The van der Waals surface area contributed by atoms with E-state index in [0.717, 1.165) is 5.69 Å². The zero-order valence-electron chi connectivity index (χ0n) is 15.5. The molecule has 0 bridgehead atoms. The molecule has 2 rings (SSSR count). The van der Waals surface area contributed by atoms with Gasteiger partial charge in [0.25, 0.3) is 5.91 Å². The smallest absolute Gasteiger partial charge is 0.489 e. The van der Waals surface area contributed by atoms with Crippen molar-refractivity contribution < 1.29 is 47.0 Å². The molecular formula is C19H26N3O3Y. The van der Waals surface area contributed by atoms with Crippen LogP contribution in [0, 0.1) is 20.8 Å². The summed E-state index contributed by atoms with van der Waals surface area (Å²) in [6.07, 6.45) is 1.43. The van der Waals surface area contributed by atoms with Gasteiger partial charge in [-0.25, -0.2) is 0 Å². The Balaban J connectivity index is 0.00000338. The summed E-state index contributed by atoms with van der Waals surface area (Å²) in [5, 5.41) is 2.63. The van der Waals surface area contributed by atoms with Crippen LogP contribution >= 0.6 is 0 Å². The Bertz CT molecular complexity index is 634. The van der Waals surface area contributed by atoms with Crippen LogP contribution in [0.2, 0.25) is 0 Å². The van der Waals surface area contributed by atoms with Crippen LogP contribution in [-0.2, 0) is 42.3 Å². The van der Waals surface area contributed by atoms with Crippen LogP contribution in [0.1, 0.15) is 19.8 Å². The summed E-state index contributed by atoms with van der Waals surface area (Å²) in [7, 11) is 1.68. The Morgan fingerprint density at radius 3 is 2.58 bits per heavy atom. The Labute approximate surface area is 181 Å². The van der Waals surface area contributed by atoms with Crippen molar-refractivity contribution in [1.29, 1.82) is 0 Å². The van der Waals surface area contributed by atoms with Gasteiger partial charge in [-0.1, -0.05) is 0 Å². The number of ether oxygens (including phenoxy) is 1. The number of anilines is 2.